The van der Waals surface area contributed by atoms with E-state index in [4.69, 9.17) is 14.2 Å². The second kappa shape index (κ2) is 8.53. The minimum atomic E-state index is -0.186. The first kappa shape index (κ1) is 18.8. The number of nitrogens with zero attached hydrogens (tertiary/aromatic N) is 2. The van der Waals surface area contributed by atoms with Gasteiger partial charge in [-0.15, -0.1) is 0 Å². The van der Waals surface area contributed by atoms with E-state index in [9.17, 15) is 4.79 Å². The van der Waals surface area contributed by atoms with Crippen LogP contribution in [-0.4, -0.2) is 43.1 Å². The van der Waals surface area contributed by atoms with Gasteiger partial charge in [-0.2, -0.15) is 5.10 Å². The van der Waals surface area contributed by atoms with Crippen LogP contribution in [0.3, 0.4) is 0 Å². The highest BCUT2D eigenvalue weighted by Gasteiger charge is 2.17. The number of nitrogens with one attached hydrogen (secondary N) is 1. The molecule has 1 aromatic carbocycles. The lowest BCUT2D eigenvalue weighted by Crippen LogP contribution is -2.27. The van der Waals surface area contributed by atoms with Gasteiger partial charge in [-0.3, -0.25) is 9.48 Å². The molecule has 1 heterocycles. The Balaban J connectivity index is 2.09. The number of carbonyl (C=O) groups excluding carboxylic acids is 1. The summed E-state index contributed by atoms with van der Waals surface area (Å²) in [4.78, 5) is 12.4. The van der Waals surface area contributed by atoms with Gasteiger partial charge in [0.05, 0.1) is 31.5 Å². The van der Waals surface area contributed by atoms with Crippen molar-refractivity contribution in [1.29, 1.82) is 0 Å². The number of benzene rings is 1. The maximum Gasteiger partial charge on any atom is 0.255 e. The monoisotopic (exact) mass is 347 g/mol. The number of methoxy groups -OCH3 is 2. The number of carbonyl (C=O) groups is 1. The Morgan fingerprint density at radius 2 is 2.04 bits per heavy atom. The molecule has 25 heavy (non-hydrogen) atoms. The first-order valence-corrected chi connectivity index (χ1v) is 8.07. The highest BCUT2D eigenvalue weighted by Crippen LogP contribution is 2.30. The standard InChI is InChI=1S/C18H25N3O4/c1-12(20-18(22)15-11-19-21(3)13(15)2)14-6-7-16(17(10-14)24-5)25-9-8-23-4/h6-7,10-12H,8-9H2,1-5H3,(H,20,22)/t12-/m1/s1. The molecule has 0 aliphatic heterocycles. The second-order valence-electron chi connectivity index (χ2n) is 5.71. The van der Waals surface area contributed by atoms with Crippen molar-refractivity contribution in [1.82, 2.24) is 15.1 Å². The molecule has 0 saturated carbocycles. The second-order valence-corrected chi connectivity index (χ2v) is 5.71. The Labute approximate surface area is 147 Å². The Morgan fingerprint density at radius 3 is 2.64 bits per heavy atom. The zero-order valence-electron chi connectivity index (χ0n) is 15.3. The zero-order valence-corrected chi connectivity index (χ0v) is 15.3. The van der Waals surface area contributed by atoms with Gasteiger partial charge < -0.3 is 19.5 Å². The van der Waals surface area contributed by atoms with Crippen LogP contribution in [0.25, 0.3) is 0 Å². The van der Waals surface area contributed by atoms with Gasteiger partial charge in [0.1, 0.15) is 6.61 Å². The van der Waals surface area contributed by atoms with Gasteiger partial charge >= 0.3 is 0 Å². The van der Waals surface area contributed by atoms with Gasteiger partial charge in [-0.05, 0) is 31.5 Å². The molecule has 1 amide bonds. The summed E-state index contributed by atoms with van der Waals surface area (Å²) in [6, 6.07) is 5.42. The molecule has 7 heteroatoms. The van der Waals surface area contributed by atoms with Gasteiger partial charge in [0.25, 0.3) is 5.91 Å². The van der Waals surface area contributed by atoms with Crippen LogP contribution in [0.2, 0.25) is 0 Å². The van der Waals surface area contributed by atoms with E-state index in [1.165, 1.54) is 0 Å². The van der Waals surface area contributed by atoms with E-state index in [-0.39, 0.29) is 11.9 Å². The Bertz CT molecular complexity index is 727. The molecule has 1 atom stereocenters. The van der Waals surface area contributed by atoms with Crippen molar-refractivity contribution in [3.8, 4) is 11.5 Å². The molecule has 7 nitrogen and oxygen atoms in total. The van der Waals surface area contributed by atoms with E-state index in [1.54, 1.807) is 25.1 Å². The van der Waals surface area contributed by atoms with Gasteiger partial charge in [-0.25, -0.2) is 0 Å². The lowest BCUT2D eigenvalue weighted by Gasteiger charge is -2.17. The molecule has 136 valence electrons. The fourth-order valence-corrected chi connectivity index (χ4v) is 2.39. The minimum Gasteiger partial charge on any atom is -0.493 e. The van der Waals surface area contributed by atoms with Crippen LogP contribution in [0.5, 0.6) is 11.5 Å². The molecule has 0 radical (unpaired) electrons. The molecule has 0 aliphatic carbocycles. The summed E-state index contributed by atoms with van der Waals surface area (Å²) in [6.45, 7) is 4.73. The topological polar surface area (TPSA) is 74.6 Å². The van der Waals surface area contributed by atoms with Crippen molar-refractivity contribution in [2.45, 2.75) is 19.9 Å². The summed E-state index contributed by atoms with van der Waals surface area (Å²) in [7, 11) is 5.02. The van der Waals surface area contributed by atoms with Crippen LogP contribution in [0, 0.1) is 6.92 Å². The predicted molar refractivity (Wildman–Crippen MR) is 94.2 cm³/mol. The number of hydrogen-bond donors (Lipinski definition) is 1. The summed E-state index contributed by atoms with van der Waals surface area (Å²) in [5.41, 5.74) is 2.32. The molecule has 2 rings (SSSR count). The van der Waals surface area contributed by atoms with Gasteiger partial charge in [0.15, 0.2) is 11.5 Å². The van der Waals surface area contributed by atoms with Crippen LogP contribution < -0.4 is 14.8 Å². The van der Waals surface area contributed by atoms with Crippen LogP contribution in [0.15, 0.2) is 24.4 Å². The SMILES string of the molecule is COCCOc1ccc([C@@H](C)NC(=O)c2cnn(C)c2C)cc1OC. The molecule has 0 spiro atoms. The third kappa shape index (κ3) is 4.51. The number of amides is 1. The molecule has 0 aliphatic rings. The molecule has 0 saturated heterocycles. The molecule has 1 N–H and O–H groups in total. The van der Waals surface area contributed by atoms with Crippen molar-refractivity contribution in [2.24, 2.45) is 7.05 Å². The smallest absolute Gasteiger partial charge is 0.255 e. The third-order valence-electron chi connectivity index (χ3n) is 4.06. The Kier molecular flexibility index (Phi) is 6.41. The van der Waals surface area contributed by atoms with E-state index in [0.717, 1.165) is 11.3 Å². The molecule has 1 aromatic heterocycles. The summed E-state index contributed by atoms with van der Waals surface area (Å²) >= 11 is 0. The third-order valence-corrected chi connectivity index (χ3v) is 4.06. The maximum atomic E-state index is 12.4. The summed E-state index contributed by atoms with van der Waals surface area (Å²) in [6.07, 6.45) is 1.57. The highest BCUT2D eigenvalue weighted by atomic mass is 16.5. The van der Waals surface area contributed by atoms with Gasteiger partial charge in [0, 0.05) is 19.9 Å². The fraction of sp³-hybridized carbons (Fsp3) is 0.444. The molecular formula is C18H25N3O4. The van der Waals surface area contributed by atoms with E-state index < -0.39 is 0 Å². The molecule has 2 aromatic rings. The molecule has 0 bridgehead atoms. The fourth-order valence-electron chi connectivity index (χ4n) is 2.39. The highest BCUT2D eigenvalue weighted by molar-refractivity contribution is 5.95. The van der Waals surface area contributed by atoms with Gasteiger partial charge in [0.2, 0.25) is 0 Å². The Morgan fingerprint density at radius 1 is 1.28 bits per heavy atom. The molecule has 0 fully saturated rings. The van der Waals surface area contributed by atoms with Crippen LogP contribution >= 0.6 is 0 Å². The Hall–Kier alpha value is -2.54. The zero-order chi connectivity index (χ0) is 18.4. The largest absolute Gasteiger partial charge is 0.493 e. The van der Waals surface area contributed by atoms with Crippen LogP contribution in [-0.2, 0) is 11.8 Å². The minimum absolute atomic E-state index is 0.155. The van der Waals surface area contributed by atoms with Crippen molar-refractivity contribution >= 4 is 5.91 Å². The van der Waals surface area contributed by atoms with Crippen LogP contribution in [0.1, 0.15) is 34.6 Å². The lowest BCUT2D eigenvalue weighted by molar-refractivity contribution is 0.0939. The summed E-state index contributed by atoms with van der Waals surface area (Å²) < 4.78 is 17.7. The number of aromatic nitrogens is 2. The van der Waals surface area contributed by atoms with Crippen molar-refractivity contribution in [3.05, 3.63) is 41.2 Å². The summed E-state index contributed by atoms with van der Waals surface area (Å²) in [5.74, 6) is 1.11. The quantitative estimate of drug-likeness (QED) is 0.742. The number of hydrogen-bond acceptors (Lipinski definition) is 5. The van der Waals surface area contributed by atoms with E-state index in [2.05, 4.69) is 10.4 Å². The average molecular weight is 347 g/mol. The van der Waals surface area contributed by atoms with E-state index in [0.29, 0.717) is 30.3 Å². The van der Waals surface area contributed by atoms with Crippen LogP contribution in [0.4, 0.5) is 0 Å². The predicted octanol–water partition coefficient (Wildman–Crippen LogP) is 2.25. The number of rotatable bonds is 8. The lowest BCUT2D eigenvalue weighted by atomic mass is 10.1. The normalized spacial score (nSPS) is 11.9. The average Bonchev–Trinajstić information content (AvgIpc) is 2.94. The maximum absolute atomic E-state index is 12.4. The molecular weight excluding hydrogens is 322 g/mol. The first-order valence-electron chi connectivity index (χ1n) is 8.07. The van der Waals surface area contributed by atoms with E-state index >= 15 is 0 Å². The van der Waals surface area contributed by atoms with Gasteiger partial charge in [-0.1, -0.05) is 6.07 Å². The number of aryl methyl sites for hydroxylation is 1. The van der Waals surface area contributed by atoms with E-state index in [1.807, 2.05) is 39.1 Å². The summed E-state index contributed by atoms with van der Waals surface area (Å²) in [5, 5.41) is 7.08. The first-order chi connectivity index (χ1) is 12.0. The number of ether oxygens (including phenoxy) is 3. The van der Waals surface area contributed by atoms with Crippen molar-refractivity contribution in [3.63, 3.8) is 0 Å². The van der Waals surface area contributed by atoms with Crippen molar-refractivity contribution < 1.29 is 19.0 Å². The molecule has 0 unspecified atom stereocenters. The van der Waals surface area contributed by atoms with Crippen molar-refractivity contribution in [2.75, 3.05) is 27.4 Å².